The summed E-state index contributed by atoms with van der Waals surface area (Å²) in [5.74, 6) is 0.339. The van der Waals surface area contributed by atoms with Gasteiger partial charge in [0, 0.05) is 11.8 Å². The molecule has 0 atom stereocenters. The van der Waals surface area contributed by atoms with E-state index in [4.69, 9.17) is 21.1 Å². The van der Waals surface area contributed by atoms with E-state index < -0.39 is 0 Å². The first kappa shape index (κ1) is 21.2. The third-order valence-electron chi connectivity index (χ3n) is 4.24. The number of methoxy groups -OCH3 is 1. The van der Waals surface area contributed by atoms with E-state index in [1.807, 2.05) is 31.2 Å². The van der Waals surface area contributed by atoms with Crippen molar-refractivity contribution < 1.29 is 19.1 Å². The van der Waals surface area contributed by atoms with Crippen molar-refractivity contribution in [3.8, 4) is 11.5 Å². The molecule has 3 aromatic rings. The molecule has 0 aliphatic rings. The molecule has 6 nitrogen and oxygen atoms in total. The predicted octanol–water partition coefficient (Wildman–Crippen LogP) is 4.93. The number of nitrogens with one attached hydrogen (secondary N) is 2. The van der Waals surface area contributed by atoms with Crippen molar-refractivity contribution in [2.45, 2.75) is 6.92 Å². The zero-order valence-corrected chi connectivity index (χ0v) is 17.3. The summed E-state index contributed by atoms with van der Waals surface area (Å²) in [7, 11) is 1.48. The third-order valence-corrected chi connectivity index (χ3v) is 4.57. The molecule has 7 heteroatoms. The van der Waals surface area contributed by atoms with Gasteiger partial charge in [0.25, 0.3) is 11.8 Å². The van der Waals surface area contributed by atoms with Gasteiger partial charge in [0.15, 0.2) is 6.61 Å². The van der Waals surface area contributed by atoms with E-state index >= 15 is 0 Å². The molecular formula is C23H21ClN2O4. The minimum Gasteiger partial charge on any atom is -0.494 e. The summed E-state index contributed by atoms with van der Waals surface area (Å²) >= 11 is 6.07. The van der Waals surface area contributed by atoms with E-state index in [0.29, 0.717) is 33.5 Å². The molecule has 0 aliphatic heterocycles. The summed E-state index contributed by atoms with van der Waals surface area (Å²) in [6.07, 6.45) is 0. The highest BCUT2D eigenvalue weighted by Gasteiger charge is 2.14. The lowest BCUT2D eigenvalue weighted by Gasteiger charge is -2.13. The number of benzene rings is 3. The lowest BCUT2D eigenvalue weighted by atomic mass is 10.2. The predicted molar refractivity (Wildman–Crippen MR) is 118 cm³/mol. The maximum atomic E-state index is 12.5. The van der Waals surface area contributed by atoms with Crippen molar-refractivity contribution in [3.05, 3.63) is 82.9 Å². The topological polar surface area (TPSA) is 76.7 Å². The van der Waals surface area contributed by atoms with Crippen molar-refractivity contribution in [3.63, 3.8) is 0 Å². The maximum Gasteiger partial charge on any atom is 0.262 e. The molecular weight excluding hydrogens is 404 g/mol. The molecule has 0 radical (unpaired) electrons. The van der Waals surface area contributed by atoms with Crippen molar-refractivity contribution in [2.24, 2.45) is 0 Å². The van der Waals surface area contributed by atoms with Crippen LogP contribution >= 0.6 is 11.6 Å². The fraction of sp³-hybridized carbons (Fsp3) is 0.130. The lowest BCUT2D eigenvalue weighted by Crippen LogP contribution is -2.20. The summed E-state index contributed by atoms with van der Waals surface area (Å²) in [5, 5.41) is 5.86. The molecule has 2 N–H and O–H groups in total. The fourth-order valence-corrected chi connectivity index (χ4v) is 2.91. The van der Waals surface area contributed by atoms with E-state index in [2.05, 4.69) is 10.6 Å². The quantitative estimate of drug-likeness (QED) is 0.564. The molecule has 0 aliphatic carbocycles. The van der Waals surface area contributed by atoms with Crippen LogP contribution in [0.2, 0.25) is 5.02 Å². The first-order valence-corrected chi connectivity index (χ1v) is 9.57. The lowest BCUT2D eigenvalue weighted by molar-refractivity contribution is -0.118. The molecule has 3 rings (SSSR count). The Balaban J connectivity index is 1.63. The van der Waals surface area contributed by atoms with Crippen molar-refractivity contribution in [1.29, 1.82) is 0 Å². The van der Waals surface area contributed by atoms with Crippen LogP contribution in [0.4, 0.5) is 11.4 Å². The van der Waals surface area contributed by atoms with Crippen LogP contribution in [-0.2, 0) is 4.79 Å². The second-order valence-corrected chi connectivity index (χ2v) is 6.91. The molecule has 0 saturated heterocycles. The Morgan fingerprint density at radius 1 is 0.967 bits per heavy atom. The van der Waals surface area contributed by atoms with Crippen LogP contribution in [0.5, 0.6) is 11.5 Å². The highest BCUT2D eigenvalue weighted by molar-refractivity contribution is 6.34. The van der Waals surface area contributed by atoms with Crippen LogP contribution in [0.25, 0.3) is 0 Å². The van der Waals surface area contributed by atoms with Gasteiger partial charge in [0.1, 0.15) is 11.5 Å². The Hall–Kier alpha value is -3.51. The largest absolute Gasteiger partial charge is 0.494 e. The number of ether oxygens (including phenoxy) is 2. The van der Waals surface area contributed by atoms with E-state index in [-0.39, 0.29) is 18.4 Å². The molecule has 2 amide bonds. The first-order valence-electron chi connectivity index (χ1n) is 9.19. The Morgan fingerprint density at radius 2 is 1.70 bits per heavy atom. The molecule has 0 aromatic heterocycles. The van der Waals surface area contributed by atoms with Gasteiger partial charge >= 0.3 is 0 Å². The number of amides is 2. The van der Waals surface area contributed by atoms with Crippen LogP contribution in [-0.4, -0.2) is 25.5 Å². The van der Waals surface area contributed by atoms with Crippen LogP contribution in [0.1, 0.15) is 15.9 Å². The van der Waals surface area contributed by atoms with Crippen LogP contribution in [0.15, 0.2) is 66.7 Å². The molecule has 0 fully saturated rings. The third kappa shape index (κ3) is 5.52. The molecule has 0 heterocycles. The Bertz CT molecular complexity index is 1050. The number of hydrogen-bond donors (Lipinski definition) is 2. The highest BCUT2D eigenvalue weighted by Crippen LogP contribution is 2.29. The van der Waals surface area contributed by atoms with Crippen LogP contribution < -0.4 is 20.1 Å². The number of anilines is 2. The van der Waals surface area contributed by atoms with Crippen LogP contribution in [0, 0.1) is 6.92 Å². The number of carbonyl (C=O) groups excluding carboxylic acids is 2. The minimum atomic E-state index is -0.359. The molecule has 0 unspecified atom stereocenters. The van der Waals surface area contributed by atoms with E-state index in [1.54, 1.807) is 42.5 Å². The first-order chi connectivity index (χ1) is 14.5. The van der Waals surface area contributed by atoms with Gasteiger partial charge in [-0.3, -0.25) is 9.59 Å². The molecule has 3 aromatic carbocycles. The number of hydrogen-bond acceptors (Lipinski definition) is 4. The van der Waals surface area contributed by atoms with Gasteiger partial charge in [-0.15, -0.1) is 0 Å². The Morgan fingerprint density at radius 3 is 2.40 bits per heavy atom. The summed E-state index contributed by atoms with van der Waals surface area (Å²) in [5.41, 5.74) is 2.43. The second-order valence-electron chi connectivity index (χ2n) is 6.50. The number of aryl methyl sites for hydroxylation is 1. The smallest absolute Gasteiger partial charge is 0.262 e. The maximum absolute atomic E-state index is 12.5. The summed E-state index contributed by atoms with van der Waals surface area (Å²) in [6, 6.07) is 19.1. The van der Waals surface area contributed by atoms with E-state index in [9.17, 15) is 9.59 Å². The zero-order valence-electron chi connectivity index (χ0n) is 16.6. The SMILES string of the molecule is COc1cc(NC(=O)COc2ccc(C)cc2)ccc1NC(=O)c1ccccc1Cl. The van der Waals surface area contributed by atoms with E-state index in [0.717, 1.165) is 5.56 Å². The van der Waals surface area contributed by atoms with Crippen molar-refractivity contribution in [2.75, 3.05) is 24.4 Å². The fourth-order valence-electron chi connectivity index (χ4n) is 2.69. The standard InChI is InChI=1S/C23H21ClN2O4/c1-15-7-10-17(11-8-15)30-14-22(27)25-16-9-12-20(21(13-16)29-2)26-23(28)18-5-3-4-6-19(18)24/h3-13H,14H2,1-2H3,(H,25,27)(H,26,28). The van der Waals surface area contributed by atoms with Crippen molar-refractivity contribution in [1.82, 2.24) is 0 Å². The average molecular weight is 425 g/mol. The van der Waals surface area contributed by atoms with Gasteiger partial charge in [0.05, 0.1) is 23.4 Å². The van der Waals surface area contributed by atoms with Gasteiger partial charge in [-0.25, -0.2) is 0 Å². The van der Waals surface area contributed by atoms with E-state index in [1.165, 1.54) is 7.11 Å². The number of carbonyl (C=O) groups is 2. The highest BCUT2D eigenvalue weighted by atomic mass is 35.5. The summed E-state index contributed by atoms with van der Waals surface area (Å²) < 4.78 is 10.8. The minimum absolute atomic E-state index is 0.129. The molecule has 0 saturated carbocycles. The summed E-state index contributed by atoms with van der Waals surface area (Å²) in [6.45, 7) is 1.85. The van der Waals surface area contributed by atoms with Gasteiger partial charge < -0.3 is 20.1 Å². The average Bonchev–Trinajstić information content (AvgIpc) is 2.74. The molecule has 0 bridgehead atoms. The molecule has 0 spiro atoms. The summed E-state index contributed by atoms with van der Waals surface area (Å²) in [4.78, 5) is 24.6. The second kappa shape index (κ2) is 9.80. The number of rotatable bonds is 7. The van der Waals surface area contributed by atoms with Gasteiger partial charge in [0.2, 0.25) is 0 Å². The van der Waals surface area contributed by atoms with Crippen molar-refractivity contribution >= 4 is 34.8 Å². The van der Waals surface area contributed by atoms with Crippen LogP contribution in [0.3, 0.4) is 0 Å². The van der Waals surface area contributed by atoms with Gasteiger partial charge in [-0.05, 0) is 43.3 Å². The zero-order chi connectivity index (χ0) is 21.5. The van der Waals surface area contributed by atoms with Gasteiger partial charge in [-0.2, -0.15) is 0 Å². The van der Waals surface area contributed by atoms with Gasteiger partial charge in [-0.1, -0.05) is 41.4 Å². The normalized spacial score (nSPS) is 10.2. The number of halogens is 1. The monoisotopic (exact) mass is 424 g/mol. The Kier molecular flexibility index (Phi) is 6.93. The molecule has 154 valence electrons. The Labute approximate surface area is 179 Å². The molecule has 30 heavy (non-hydrogen) atoms.